The SMILES string of the molecule is Cc1ccc(C2C(C)CCCN2C(=O)C2CCCNC2)cc1. The number of hydrogen-bond donors (Lipinski definition) is 1. The van der Waals surface area contributed by atoms with Gasteiger partial charge in [0.05, 0.1) is 12.0 Å². The third kappa shape index (κ3) is 3.19. The molecule has 22 heavy (non-hydrogen) atoms. The highest BCUT2D eigenvalue weighted by Crippen LogP contribution is 2.37. The van der Waals surface area contributed by atoms with Crippen LogP contribution >= 0.6 is 0 Å². The van der Waals surface area contributed by atoms with Crippen molar-refractivity contribution in [3.05, 3.63) is 35.4 Å². The number of benzene rings is 1. The van der Waals surface area contributed by atoms with Crippen molar-refractivity contribution in [3.8, 4) is 0 Å². The third-order valence-electron chi connectivity index (χ3n) is 5.28. The van der Waals surface area contributed by atoms with Crippen molar-refractivity contribution in [2.45, 2.75) is 45.6 Å². The van der Waals surface area contributed by atoms with E-state index in [4.69, 9.17) is 0 Å². The Morgan fingerprint density at radius 2 is 1.95 bits per heavy atom. The van der Waals surface area contributed by atoms with E-state index >= 15 is 0 Å². The second-order valence-corrected chi connectivity index (χ2v) is 7.05. The van der Waals surface area contributed by atoms with Crippen LogP contribution in [0, 0.1) is 18.8 Å². The molecule has 1 aromatic rings. The molecule has 0 spiro atoms. The smallest absolute Gasteiger partial charge is 0.227 e. The maximum atomic E-state index is 13.0. The zero-order chi connectivity index (χ0) is 15.5. The van der Waals surface area contributed by atoms with Gasteiger partial charge in [-0.25, -0.2) is 0 Å². The molecule has 2 fully saturated rings. The molecule has 120 valence electrons. The first kappa shape index (κ1) is 15.5. The number of rotatable bonds is 2. The molecule has 3 heteroatoms. The van der Waals surface area contributed by atoms with Crippen molar-refractivity contribution in [3.63, 3.8) is 0 Å². The van der Waals surface area contributed by atoms with Crippen molar-refractivity contribution in [2.75, 3.05) is 19.6 Å². The molecule has 3 atom stereocenters. The number of likely N-dealkylation sites (tertiary alicyclic amines) is 1. The Morgan fingerprint density at radius 1 is 1.18 bits per heavy atom. The van der Waals surface area contributed by atoms with E-state index in [2.05, 4.69) is 48.3 Å². The maximum Gasteiger partial charge on any atom is 0.227 e. The first-order valence-corrected chi connectivity index (χ1v) is 8.74. The van der Waals surface area contributed by atoms with Crippen LogP contribution in [0.25, 0.3) is 0 Å². The van der Waals surface area contributed by atoms with Crippen LogP contribution in [-0.4, -0.2) is 30.4 Å². The van der Waals surface area contributed by atoms with Crippen LogP contribution in [0.5, 0.6) is 0 Å². The van der Waals surface area contributed by atoms with Crippen LogP contribution in [0.2, 0.25) is 0 Å². The van der Waals surface area contributed by atoms with Gasteiger partial charge >= 0.3 is 0 Å². The predicted octanol–water partition coefficient (Wildman–Crippen LogP) is 3.29. The topological polar surface area (TPSA) is 32.3 Å². The van der Waals surface area contributed by atoms with Gasteiger partial charge in [0.2, 0.25) is 5.91 Å². The summed E-state index contributed by atoms with van der Waals surface area (Å²) < 4.78 is 0. The van der Waals surface area contributed by atoms with Crippen molar-refractivity contribution in [1.82, 2.24) is 10.2 Å². The van der Waals surface area contributed by atoms with Gasteiger partial charge in [0, 0.05) is 13.1 Å². The minimum absolute atomic E-state index is 0.173. The highest BCUT2D eigenvalue weighted by atomic mass is 16.2. The summed E-state index contributed by atoms with van der Waals surface area (Å²) in [5.41, 5.74) is 2.58. The van der Waals surface area contributed by atoms with Crippen molar-refractivity contribution < 1.29 is 4.79 Å². The van der Waals surface area contributed by atoms with Crippen molar-refractivity contribution in [1.29, 1.82) is 0 Å². The van der Waals surface area contributed by atoms with Gasteiger partial charge < -0.3 is 10.2 Å². The van der Waals surface area contributed by atoms with Gasteiger partial charge in [-0.1, -0.05) is 36.8 Å². The van der Waals surface area contributed by atoms with Crippen LogP contribution in [0.4, 0.5) is 0 Å². The summed E-state index contributed by atoms with van der Waals surface area (Å²) >= 11 is 0. The summed E-state index contributed by atoms with van der Waals surface area (Å²) in [4.78, 5) is 15.2. The Hall–Kier alpha value is -1.35. The van der Waals surface area contributed by atoms with Gasteiger partial charge in [-0.15, -0.1) is 0 Å². The first-order chi connectivity index (χ1) is 10.7. The molecule has 3 unspecified atom stereocenters. The van der Waals surface area contributed by atoms with Crippen LogP contribution in [-0.2, 0) is 4.79 Å². The lowest BCUT2D eigenvalue weighted by molar-refractivity contribution is -0.141. The summed E-state index contributed by atoms with van der Waals surface area (Å²) in [5, 5.41) is 3.38. The second-order valence-electron chi connectivity index (χ2n) is 7.05. The number of nitrogens with one attached hydrogen (secondary N) is 1. The van der Waals surface area contributed by atoms with Crippen LogP contribution < -0.4 is 5.32 Å². The molecular weight excluding hydrogens is 272 g/mol. The summed E-state index contributed by atoms with van der Waals surface area (Å²) in [7, 11) is 0. The van der Waals surface area contributed by atoms with Gasteiger partial charge in [0.1, 0.15) is 0 Å². The summed E-state index contributed by atoms with van der Waals surface area (Å²) in [6, 6.07) is 9.01. The van der Waals surface area contributed by atoms with Crippen molar-refractivity contribution in [2.24, 2.45) is 11.8 Å². The second kappa shape index (κ2) is 6.82. The average molecular weight is 300 g/mol. The number of aryl methyl sites for hydroxylation is 1. The van der Waals surface area contributed by atoms with E-state index in [-0.39, 0.29) is 12.0 Å². The van der Waals surface area contributed by atoms with E-state index in [0.29, 0.717) is 11.8 Å². The normalized spacial score (nSPS) is 29.4. The van der Waals surface area contributed by atoms with E-state index in [1.807, 2.05) is 0 Å². The number of carbonyl (C=O) groups is 1. The fourth-order valence-corrected chi connectivity index (χ4v) is 4.00. The minimum Gasteiger partial charge on any atom is -0.335 e. The van der Waals surface area contributed by atoms with Crippen LogP contribution in [0.3, 0.4) is 0 Å². The Kier molecular flexibility index (Phi) is 4.82. The number of carbonyl (C=O) groups excluding carboxylic acids is 1. The van der Waals surface area contributed by atoms with Crippen molar-refractivity contribution >= 4 is 5.91 Å². The highest BCUT2D eigenvalue weighted by Gasteiger charge is 2.36. The maximum absolute atomic E-state index is 13.0. The monoisotopic (exact) mass is 300 g/mol. The Bertz CT molecular complexity index is 505. The van der Waals surface area contributed by atoms with Gasteiger partial charge in [0.15, 0.2) is 0 Å². The molecule has 2 aliphatic rings. The molecule has 0 aliphatic carbocycles. The fourth-order valence-electron chi connectivity index (χ4n) is 4.00. The lowest BCUT2D eigenvalue weighted by Gasteiger charge is -2.42. The quantitative estimate of drug-likeness (QED) is 0.909. The molecule has 1 amide bonds. The standard InChI is InChI=1S/C19H28N2O/c1-14-7-9-16(10-8-14)18-15(2)5-4-12-21(18)19(22)17-6-3-11-20-13-17/h7-10,15,17-18,20H,3-6,11-13H2,1-2H3. The summed E-state index contributed by atoms with van der Waals surface area (Å²) in [6.07, 6.45) is 4.51. The first-order valence-electron chi connectivity index (χ1n) is 8.74. The van der Waals surface area contributed by atoms with E-state index < -0.39 is 0 Å². The minimum atomic E-state index is 0.173. The van der Waals surface area contributed by atoms with E-state index in [1.165, 1.54) is 17.5 Å². The van der Waals surface area contributed by atoms with E-state index in [9.17, 15) is 4.79 Å². The Balaban J connectivity index is 1.83. The molecule has 0 aromatic heterocycles. The van der Waals surface area contributed by atoms with E-state index in [0.717, 1.165) is 38.9 Å². The summed E-state index contributed by atoms with van der Waals surface area (Å²) in [6.45, 7) is 7.23. The number of hydrogen-bond acceptors (Lipinski definition) is 2. The van der Waals surface area contributed by atoms with Gasteiger partial charge in [-0.2, -0.15) is 0 Å². The van der Waals surface area contributed by atoms with Gasteiger partial charge in [-0.05, 0) is 50.6 Å². The molecule has 0 bridgehead atoms. The third-order valence-corrected chi connectivity index (χ3v) is 5.28. The van der Waals surface area contributed by atoms with Gasteiger partial charge in [0.25, 0.3) is 0 Å². The van der Waals surface area contributed by atoms with Crippen LogP contribution in [0.1, 0.15) is 49.8 Å². The summed E-state index contributed by atoms with van der Waals surface area (Å²) in [5.74, 6) is 1.08. The number of amides is 1. The predicted molar refractivity (Wildman–Crippen MR) is 89.6 cm³/mol. The molecule has 1 N–H and O–H groups in total. The fraction of sp³-hybridized carbons (Fsp3) is 0.632. The van der Waals surface area contributed by atoms with Crippen LogP contribution in [0.15, 0.2) is 24.3 Å². The molecule has 2 heterocycles. The Morgan fingerprint density at radius 3 is 2.64 bits per heavy atom. The molecule has 2 saturated heterocycles. The molecule has 0 saturated carbocycles. The molecule has 2 aliphatic heterocycles. The zero-order valence-corrected chi connectivity index (χ0v) is 13.8. The number of nitrogens with zero attached hydrogens (tertiary/aromatic N) is 1. The Labute approximate surface area is 134 Å². The van der Waals surface area contributed by atoms with Gasteiger partial charge in [-0.3, -0.25) is 4.79 Å². The largest absolute Gasteiger partial charge is 0.335 e. The lowest BCUT2D eigenvalue weighted by Crippen LogP contribution is -2.48. The average Bonchev–Trinajstić information content (AvgIpc) is 2.56. The zero-order valence-electron chi connectivity index (χ0n) is 13.8. The lowest BCUT2D eigenvalue weighted by atomic mass is 9.84. The molecule has 0 radical (unpaired) electrons. The molecule has 3 rings (SSSR count). The van der Waals surface area contributed by atoms with E-state index in [1.54, 1.807) is 0 Å². The molecular formula is C19H28N2O. The molecule has 3 nitrogen and oxygen atoms in total. The molecule has 1 aromatic carbocycles. The highest BCUT2D eigenvalue weighted by molar-refractivity contribution is 5.80. The number of piperidine rings is 2.